The average molecular weight is 409 g/mol. The van der Waals surface area contributed by atoms with E-state index in [0.717, 1.165) is 5.56 Å². The Hall–Kier alpha value is -3.79. The third-order valence-electron chi connectivity index (χ3n) is 4.32. The van der Waals surface area contributed by atoms with Crippen molar-refractivity contribution in [1.29, 1.82) is 0 Å². The van der Waals surface area contributed by atoms with Gasteiger partial charge in [0.05, 0.1) is 15.3 Å². The zero-order valence-corrected chi connectivity index (χ0v) is 16.0. The average Bonchev–Trinajstić information content (AvgIpc) is 3.05. The van der Waals surface area contributed by atoms with Crippen molar-refractivity contribution in [2.75, 3.05) is 4.72 Å². The van der Waals surface area contributed by atoms with Crippen LogP contribution in [0.5, 0.6) is 0 Å². The largest absolute Gasteiger partial charge is 0.271 e. The molecule has 0 aliphatic heterocycles. The van der Waals surface area contributed by atoms with Gasteiger partial charge in [0.25, 0.3) is 15.7 Å². The van der Waals surface area contributed by atoms with Gasteiger partial charge in [-0.3, -0.25) is 19.4 Å². The van der Waals surface area contributed by atoms with Gasteiger partial charge in [0.15, 0.2) is 0 Å². The van der Waals surface area contributed by atoms with Gasteiger partial charge in [-0.05, 0) is 37.3 Å². The lowest BCUT2D eigenvalue weighted by Gasteiger charge is -2.11. The normalized spacial score (nSPS) is 11.5. The first kappa shape index (κ1) is 18.6. The van der Waals surface area contributed by atoms with E-state index in [2.05, 4.69) is 14.7 Å². The fraction of sp³-hybridized carbons (Fsp3) is 0.0526. The standard InChI is InChI=1S/C19H15N5O4S/c1-13-3-7-16(8-4-13)29(27,28)22-18-11-14-5-6-15(24(25)26)12-17(14)23(18)19-20-9-2-10-21-19/h2-12,22H,1H3. The molecule has 0 fully saturated rings. The Kier molecular flexibility index (Phi) is 4.47. The van der Waals surface area contributed by atoms with Crippen LogP contribution in [-0.4, -0.2) is 27.9 Å². The number of aryl methyl sites for hydroxylation is 1. The van der Waals surface area contributed by atoms with Crippen LogP contribution in [0.2, 0.25) is 0 Å². The van der Waals surface area contributed by atoms with E-state index in [1.165, 1.54) is 41.2 Å². The summed E-state index contributed by atoms with van der Waals surface area (Å²) < 4.78 is 29.7. The van der Waals surface area contributed by atoms with Crippen molar-refractivity contribution in [3.8, 4) is 5.95 Å². The van der Waals surface area contributed by atoms with Gasteiger partial charge in [0.2, 0.25) is 5.95 Å². The summed E-state index contributed by atoms with van der Waals surface area (Å²) in [4.78, 5) is 19.1. The molecule has 0 bridgehead atoms. The van der Waals surface area contributed by atoms with Gasteiger partial charge in [-0.2, -0.15) is 0 Å². The van der Waals surface area contributed by atoms with Crippen molar-refractivity contribution >= 4 is 32.4 Å². The van der Waals surface area contributed by atoms with E-state index in [-0.39, 0.29) is 22.3 Å². The lowest BCUT2D eigenvalue weighted by atomic mass is 10.2. The number of nitrogens with zero attached hydrogens (tertiary/aromatic N) is 4. The molecule has 4 rings (SSSR count). The van der Waals surface area contributed by atoms with Crippen molar-refractivity contribution < 1.29 is 13.3 Å². The van der Waals surface area contributed by atoms with E-state index in [9.17, 15) is 18.5 Å². The predicted octanol–water partition coefficient (Wildman–Crippen LogP) is 3.44. The summed E-state index contributed by atoms with van der Waals surface area (Å²) in [7, 11) is -3.89. The third-order valence-corrected chi connectivity index (χ3v) is 5.69. The van der Waals surface area contributed by atoms with Gasteiger partial charge in [-0.25, -0.2) is 18.4 Å². The molecule has 0 saturated heterocycles. The third kappa shape index (κ3) is 3.52. The summed E-state index contributed by atoms with van der Waals surface area (Å²) in [5.74, 6) is 0.358. The number of hydrogen-bond donors (Lipinski definition) is 1. The molecule has 9 nitrogen and oxygen atoms in total. The second-order valence-corrected chi connectivity index (χ2v) is 8.01. The number of rotatable bonds is 5. The zero-order valence-electron chi connectivity index (χ0n) is 15.2. The Bertz CT molecular complexity index is 1320. The summed E-state index contributed by atoms with van der Waals surface area (Å²) >= 11 is 0. The Morgan fingerprint density at radius 2 is 1.72 bits per heavy atom. The summed E-state index contributed by atoms with van der Waals surface area (Å²) in [6.45, 7) is 1.86. The molecule has 4 aromatic rings. The molecule has 0 atom stereocenters. The number of nitro benzene ring substituents is 1. The van der Waals surface area contributed by atoms with Gasteiger partial charge in [-0.1, -0.05) is 17.7 Å². The Labute approximate surface area is 165 Å². The topological polar surface area (TPSA) is 120 Å². The highest BCUT2D eigenvalue weighted by atomic mass is 32.2. The first-order chi connectivity index (χ1) is 13.8. The minimum absolute atomic E-state index is 0.0971. The van der Waals surface area contributed by atoms with Crippen LogP contribution in [0.3, 0.4) is 0 Å². The lowest BCUT2D eigenvalue weighted by molar-refractivity contribution is -0.384. The highest BCUT2D eigenvalue weighted by Gasteiger charge is 2.21. The van der Waals surface area contributed by atoms with Crippen molar-refractivity contribution in [2.24, 2.45) is 0 Å². The molecule has 2 aromatic carbocycles. The van der Waals surface area contributed by atoms with E-state index in [1.807, 2.05) is 6.92 Å². The van der Waals surface area contributed by atoms with Crippen LogP contribution in [0.25, 0.3) is 16.9 Å². The molecule has 10 heteroatoms. The van der Waals surface area contributed by atoms with Gasteiger partial charge in [0, 0.05) is 29.9 Å². The maximum Gasteiger partial charge on any atom is 0.271 e. The Morgan fingerprint density at radius 3 is 2.38 bits per heavy atom. The van der Waals surface area contributed by atoms with Crippen molar-refractivity contribution in [2.45, 2.75) is 11.8 Å². The molecular formula is C19H15N5O4S. The van der Waals surface area contributed by atoms with Crippen molar-refractivity contribution in [1.82, 2.24) is 14.5 Å². The molecule has 2 aromatic heterocycles. The van der Waals surface area contributed by atoms with E-state index < -0.39 is 14.9 Å². The molecule has 0 aliphatic carbocycles. The molecule has 0 radical (unpaired) electrons. The maximum atomic E-state index is 12.9. The van der Waals surface area contributed by atoms with E-state index >= 15 is 0 Å². The number of non-ortho nitro benzene ring substituents is 1. The second kappa shape index (κ2) is 6.99. The highest BCUT2D eigenvalue weighted by molar-refractivity contribution is 7.92. The second-order valence-electron chi connectivity index (χ2n) is 6.33. The van der Waals surface area contributed by atoms with Crippen molar-refractivity contribution in [3.05, 3.63) is 82.7 Å². The number of nitrogens with one attached hydrogen (secondary N) is 1. The van der Waals surface area contributed by atoms with Gasteiger partial charge < -0.3 is 0 Å². The monoisotopic (exact) mass is 409 g/mol. The van der Waals surface area contributed by atoms with Crippen LogP contribution in [-0.2, 0) is 10.0 Å². The molecule has 0 spiro atoms. The van der Waals surface area contributed by atoms with Crippen LogP contribution in [0.1, 0.15) is 5.56 Å². The number of fused-ring (bicyclic) bond motifs is 1. The SMILES string of the molecule is Cc1ccc(S(=O)(=O)Nc2cc3ccc([N+](=O)[O-])cc3n2-c2ncccn2)cc1. The number of anilines is 1. The number of aromatic nitrogens is 3. The molecule has 0 unspecified atom stereocenters. The summed E-state index contributed by atoms with van der Waals surface area (Å²) in [6, 6.07) is 13.9. The number of sulfonamides is 1. The first-order valence-electron chi connectivity index (χ1n) is 8.52. The fourth-order valence-electron chi connectivity index (χ4n) is 2.91. The molecule has 2 heterocycles. The van der Waals surface area contributed by atoms with Crippen molar-refractivity contribution in [3.63, 3.8) is 0 Å². The molecular weight excluding hydrogens is 394 g/mol. The van der Waals surface area contributed by atoms with Crippen LogP contribution in [0.4, 0.5) is 11.5 Å². The highest BCUT2D eigenvalue weighted by Crippen LogP contribution is 2.30. The molecule has 1 N–H and O–H groups in total. The van der Waals surface area contributed by atoms with E-state index in [4.69, 9.17) is 0 Å². The van der Waals surface area contributed by atoms with Crippen LogP contribution in [0, 0.1) is 17.0 Å². The summed E-state index contributed by atoms with van der Waals surface area (Å²) in [5, 5.41) is 11.8. The first-order valence-corrected chi connectivity index (χ1v) is 10.0. The number of hydrogen-bond acceptors (Lipinski definition) is 6. The molecule has 0 amide bonds. The minimum Gasteiger partial charge on any atom is -0.264 e. The molecule has 29 heavy (non-hydrogen) atoms. The quantitative estimate of drug-likeness (QED) is 0.398. The van der Waals surface area contributed by atoms with Crippen LogP contribution >= 0.6 is 0 Å². The zero-order chi connectivity index (χ0) is 20.6. The molecule has 0 saturated carbocycles. The van der Waals surface area contributed by atoms with Crippen LogP contribution < -0.4 is 4.72 Å². The Morgan fingerprint density at radius 1 is 1.03 bits per heavy atom. The Balaban J connectivity index is 1.89. The lowest BCUT2D eigenvalue weighted by Crippen LogP contribution is -2.16. The van der Waals surface area contributed by atoms with E-state index in [0.29, 0.717) is 10.9 Å². The number of benzene rings is 2. The molecule has 0 aliphatic rings. The summed E-state index contributed by atoms with van der Waals surface area (Å²) in [6.07, 6.45) is 3.01. The van der Waals surface area contributed by atoms with Crippen LogP contribution in [0.15, 0.2) is 71.9 Å². The minimum atomic E-state index is -3.89. The number of nitro groups is 1. The smallest absolute Gasteiger partial charge is 0.264 e. The van der Waals surface area contributed by atoms with Gasteiger partial charge in [-0.15, -0.1) is 0 Å². The maximum absolute atomic E-state index is 12.9. The summed E-state index contributed by atoms with van der Waals surface area (Å²) in [5.41, 5.74) is 1.22. The van der Waals surface area contributed by atoms with E-state index in [1.54, 1.807) is 30.3 Å². The van der Waals surface area contributed by atoms with Gasteiger partial charge in [0.1, 0.15) is 5.82 Å². The predicted molar refractivity (Wildman–Crippen MR) is 108 cm³/mol. The fourth-order valence-corrected chi connectivity index (χ4v) is 3.95. The molecule has 146 valence electrons. The van der Waals surface area contributed by atoms with Gasteiger partial charge >= 0.3 is 0 Å².